The highest BCUT2D eigenvalue weighted by molar-refractivity contribution is 5.85. The molecule has 1 aliphatic heterocycles. The van der Waals surface area contributed by atoms with E-state index in [1.807, 2.05) is 4.90 Å². The van der Waals surface area contributed by atoms with E-state index in [9.17, 15) is 4.79 Å². The van der Waals surface area contributed by atoms with Crippen LogP contribution in [0.15, 0.2) is 0 Å². The molecule has 0 bridgehead atoms. The van der Waals surface area contributed by atoms with Crippen molar-refractivity contribution in [1.82, 2.24) is 4.90 Å². The molecule has 1 saturated heterocycles. The highest BCUT2D eigenvalue weighted by atomic mass is 35.5. The zero-order valence-corrected chi connectivity index (χ0v) is 10.7. The molecule has 2 unspecified atom stereocenters. The molecule has 15 heavy (non-hydrogen) atoms. The van der Waals surface area contributed by atoms with Crippen molar-refractivity contribution in [3.05, 3.63) is 0 Å². The fourth-order valence-corrected chi connectivity index (χ4v) is 2.21. The molecule has 3 nitrogen and oxygen atoms in total. The van der Waals surface area contributed by atoms with E-state index in [2.05, 4.69) is 13.8 Å². The molecule has 1 fully saturated rings. The second-order valence-corrected chi connectivity index (χ2v) is 4.81. The highest BCUT2D eigenvalue weighted by Crippen LogP contribution is 2.21. The van der Waals surface area contributed by atoms with E-state index in [1.165, 1.54) is 6.42 Å². The van der Waals surface area contributed by atoms with Crippen molar-refractivity contribution in [3.63, 3.8) is 0 Å². The summed E-state index contributed by atoms with van der Waals surface area (Å²) in [5.41, 5.74) is 5.61. The quantitative estimate of drug-likeness (QED) is 0.750. The molecular weight excluding hydrogens is 212 g/mol. The van der Waals surface area contributed by atoms with E-state index in [1.54, 1.807) is 6.92 Å². The van der Waals surface area contributed by atoms with Gasteiger partial charge in [-0.3, -0.25) is 4.79 Å². The predicted molar refractivity (Wildman–Crippen MR) is 65.0 cm³/mol. The van der Waals surface area contributed by atoms with Gasteiger partial charge in [0.05, 0.1) is 6.04 Å². The van der Waals surface area contributed by atoms with Gasteiger partial charge < -0.3 is 10.6 Å². The molecule has 1 heterocycles. The van der Waals surface area contributed by atoms with Crippen LogP contribution < -0.4 is 5.73 Å². The third-order valence-electron chi connectivity index (χ3n) is 2.93. The normalized spacial score (nSPS) is 28.9. The average molecular weight is 235 g/mol. The predicted octanol–water partition coefficient (Wildman–Crippen LogP) is 1.65. The molecule has 0 aliphatic carbocycles. The van der Waals surface area contributed by atoms with Crippen LogP contribution >= 0.6 is 12.4 Å². The van der Waals surface area contributed by atoms with Crippen molar-refractivity contribution in [1.29, 1.82) is 0 Å². The van der Waals surface area contributed by atoms with Gasteiger partial charge in [0.15, 0.2) is 0 Å². The van der Waals surface area contributed by atoms with Crippen molar-refractivity contribution >= 4 is 18.3 Å². The SMILES string of the molecule is CC1CCN(C(=O)[C@@H](C)N)CC(C)C1.Cl. The molecule has 3 atom stereocenters. The fourth-order valence-electron chi connectivity index (χ4n) is 2.21. The van der Waals surface area contributed by atoms with Crippen LogP contribution in [-0.4, -0.2) is 29.9 Å². The highest BCUT2D eigenvalue weighted by Gasteiger charge is 2.24. The van der Waals surface area contributed by atoms with Gasteiger partial charge in [0, 0.05) is 13.1 Å². The van der Waals surface area contributed by atoms with Crippen molar-refractivity contribution < 1.29 is 4.79 Å². The van der Waals surface area contributed by atoms with Crippen LogP contribution in [0.3, 0.4) is 0 Å². The molecule has 90 valence electrons. The summed E-state index contributed by atoms with van der Waals surface area (Å²) >= 11 is 0. The maximum absolute atomic E-state index is 11.7. The number of halogens is 1. The lowest BCUT2D eigenvalue weighted by molar-refractivity contribution is -0.132. The number of amides is 1. The van der Waals surface area contributed by atoms with Gasteiger partial charge in [0.1, 0.15) is 0 Å². The Morgan fingerprint density at radius 2 is 2.00 bits per heavy atom. The molecule has 0 spiro atoms. The lowest BCUT2D eigenvalue weighted by Crippen LogP contribution is -2.43. The first-order valence-corrected chi connectivity index (χ1v) is 5.55. The number of rotatable bonds is 1. The van der Waals surface area contributed by atoms with Gasteiger partial charge in [0.2, 0.25) is 5.91 Å². The monoisotopic (exact) mass is 234 g/mol. The van der Waals surface area contributed by atoms with Crippen LogP contribution in [0, 0.1) is 11.8 Å². The minimum atomic E-state index is -0.351. The van der Waals surface area contributed by atoms with Crippen LogP contribution in [0.25, 0.3) is 0 Å². The molecular formula is C11H23ClN2O. The van der Waals surface area contributed by atoms with Gasteiger partial charge >= 0.3 is 0 Å². The summed E-state index contributed by atoms with van der Waals surface area (Å²) in [5, 5.41) is 0. The van der Waals surface area contributed by atoms with Crippen molar-refractivity contribution in [2.45, 2.75) is 39.7 Å². The minimum absolute atomic E-state index is 0. The Hall–Kier alpha value is -0.280. The summed E-state index contributed by atoms with van der Waals surface area (Å²) < 4.78 is 0. The molecule has 0 radical (unpaired) electrons. The third kappa shape index (κ3) is 4.39. The van der Waals surface area contributed by atoms with Crippen LogP contribution in [0.1, 0.15) is 33.6 Å². The Bertz CT molecular complexity index is 209. The molecule has 1 amide bonds. The van der Waals surface area contributed by atoms with Gasteiger partial charge in [-0.2, -0.15) is 0 Å². The fraction of sp³-hybridized carbons (Fsp3) is 0.909. The molecule has 0 aromatic rings. The molecule has 0 aromatic heterocycles. The maximum Gasteiger partial charge on any atom is 0.239 e. The minimum Gasteiger partial charge on any atom is -0.341 e. The van der Waals surface area contributed by atoms with E-state index in [0.29, 0.717) is 5.92 Å². The van der Waals surface area contributed by atoms with Crippen LogP contribution in [0.4, 0.5) is 0 Å². The van der Waals surface area contributed by atoms with Crippen molar-refractivity contribution in [2.75, 3.05) is 13.1 Å². The molecule has 0 aromatic carbocycles. The summed E-state index contributed by atoms with van der Waals surface area (Å²) in [6.07, 6.45) is 2.34. The van der Waals surface area contributed by atoms with E-state index in [0.717, 1.165) is 25.4 Å². The molecule has 2 N–H and O–H groups in total. The second-order valence-electron chi connectivity index (χ2n) is 4.81. The Balaban J connectivity index is 0.00000196. The smallest absolute Gasteiger partial charge is 0.239 e. The summed E-state index contributed by atoms with van der Waals surface area (Å²) in [6, 6.07) is -0.351. The number of likely N-dealkylation sites (tertiary alicyclic amines) is 1. The van der Waals surface area contributed by atoms with E-state index in [4.69, 9.17) is 5.73 Å². The first kappa shape index (κ1) is 14.7. The molecule has 1 aliphatic rings. The van der Waals surface area contributed by atoms with Crippen LogP contribution in [0.2, 0.25) is 0 Å². The summed E-state index contributed by atoms with van der Waals surface area (Å²) in [6.45, 7) is 8.00. The molecule has 4 heteroatoms. The summed E-state index contributed by atoms with van der Waals surface area (Å²) in [5.74, 6) is 1.44. The number of nitrogens with two attached hydrogens (primary N) is 1. The van der Waals surface area contributed by atoms with Crippen molar-refractivity contribution in [2.24, 2.45) is 17.6 Å². The number of hydrogen-bond donors (Lipinski definition) is 1. The Labute approximate surface area is 98.8 Å². The van der Waals surface area contributed by atoms with Crippen LogP contribution in [-0.2, 0) is 4.79 Å². The molecule has 1 rings (SSSR count). The van der Waals surface area contributed by atoms with Gasteiger partial charge in [-0.25, -0.2) is 0 Å². The first-order chi connectivity index (χ1) is 6.50. The Morgan fingerprint density at radius 1 is 1.40 bits per heavy atom. The zero-order valence-electron chi connectivity index (χ0n) is 9.90. The third-order valence-corrected chi connectivity index (χ3v) is 2.93. The van der Waals surface area contributed by atoms with Gasteiger partial charge in [-0.15, -0.1) is 12.4 Å². The number of nitrogens with zero attached hydrogens (tertiary/aromatic N) is 1. The number of hydrogen-bond acceptors (Lipinski definition) is 2. The van der Waals surface area contributed by atoms with Crippen molar-refractivity contribution in [3.8, 4) is 0 Å². The lowest BCUT2D eigenvalue weighted by atomic mass is 9.97. The first-order valence-electron chi connectivity index (χ1n) is 5.55. The second kappa shape index (κ2) is 6.33. The topological polar surface area (TPSA) is 46.3 Å². The lowest BCUT2D eigenvalue weighted by Gasteiger charge is -2.24. The molecule has 0 saturated carbocycles. The standard InChI is InChI=1S/C11H22N2O.ClH/c1-8-4-5-13(7-9(2)6-8)11(14)10(3)12;/h8-10H,4-7,12H2,1-3H3;1H/t8?,9?,10-;/m1./s1. The van der Waals surface area contributed by atoms with E-state index >= 15 is 0 Å². The average Bonchev–Trinajstić information content (AvgIpc) is 2.25. The van der Waals surface area contributed by atoms with Gasteiger partial charge in [-0.1, -0.05) is 13.8 Å². The maximum atomic E-state index is 11.7. The Kier molecular flexibility index (Phi) is 6.22. The van der Waals surface area contributed by atoms with Gasteiger partial charge in [0.25, 0.3) is 0 Å². The zero-order chi connectivity index (χ0) is 10.7. The number of carbonyl (C=O) groups excluding carboxylic acids is 1. The van der Waals surface area contributed by atoms with E-state index < -0.39 is 0 Å². The number of carbonyl (C=O) groups is 1. The largest absolute Gasteiger partial charge is 0.341 e. The Morgan fingerprint density at radius 3 is 2.53 bits per heavy atom. The summed E-state index contributed by atoms with van der Waals surface area (Å²) in [4.78, 5) is 13.6. The van der Waals surface area contributed by atoms with Crippen LogP contribution in [0.5, 0.6) is 0 Å². The van der Waals surface area contributed by atoms with Gasteiger partial charge in [-0.05, 0) is 31.6 Å². The summed E-state index contributed by atoms with van der Waals surface area (Å²) in [7, 11) is 0. The van der Waals surface area contributed by atoms with E-state index in [-0.39, 0.29) is 24.4 Å².